The van der Waals surface area contributed by atoms with E-state index in [9.17, 15) is 4.39 Å². The SMILES string of the molecule is CCCCC(C)(C)c1sc(F)cc1I. The maximum atomic E-state index is 13.1. The molecule has 0 saturated carbocycles. The molecule has 0 aliphatic heterocycles. The van der Waals surface area contributed by atoms with E-state index in [-0.39, 0.29) is 10.5 Å². The van der Waals surface area contributed by atoms with Gasteiger partial charge in [-0.3, -0.25) is 0 Å². The summed E-state index contributed by atoms with van der Waals surface area (Å²) in [5, 5.41) is -0.0611. The van der Waals surface area contributed by atoms with E-state index in [0.29, 0.717) is 0 Å². The number of rotatable bonds is 4. The number of thiophene rings is 1. The number of hydrogen-bond donors (Lipinski definition) is 0. The van der Waals surface area contributed by atoms with Crippen molar-refractivity contribution in [3.8, 4) is 0 Å². The molecular weight excluding hydrogens is 310 g/mol. The van der Waals surface area contributed by atoms with Crippen LogP contribution in [0.4, 0.5) is 4.39 Å². The highest BCUT2D eigenvalue weighted by molar-refractivity contribution is 14.1. The van der Waals surface area contributed by atoms with Gasteiger partial charge in [0.05, 0.1) is 0 Å². The van der Waals surface area contributed by atoms with Gasteiger partial charge < -0.3 is 0 Å². The van der Waals surface area contributed by atoms with Crippen LogP contribution in [0.3, 0.4) is 0 Å². The van der Waals surface area contributed by atoms with Crippen molar-refractivity contribution in [3.63, 3.8) is 0 Å². The van der Waals surface area contributed by atoms with Gasteiger partial charge in [-0.25, -0.2) is 0 Å². The molecule has 0 nitrogen and oxygen atoms in total. The first-order chi connectivity index (χ1) is 6.47. The molecule has 0 N–H and O–H groups in total. The summed E-state index contributed by atoms with van der Waals surface area (Å²) in [5.74, 6) is 0. The van der Waals surface area contributed by atoms with E-state index in [1.807, 2.05) is 0 Å². The van der Waals surface area contributed by atoms with Crippen LogP contribution in [0.15, 0.2) is 6.07 Å². The zero-order valence-electron chi connectivity index (χ0n) is 8.86. The first-order valence-corrected chi connectivity index (χ1v) is 6.82. The van der Waals surface area contributed by atoms with Crippen LogP contribution < -0.4 is 0 Å². The average molecular weight is 326 g/mol. The minimum atomic E-state index is -0.0611. The maximum absolute atomic E-state index is 13.1. The van der Waals surface area contributed by atoms with Crippen LogP contribution in [-0.4, -0.2) is 0 Å². The van der Waals surface area contributed by atoms with E-state index < -0.39 is 0 Å². The van der Waals surface area contributed by atoms with Crippen molar-refractivity contribution >= 4 is 33.9 Å². The Labute approximate surface area is 103 Å². The molecule has 0 radical (unpaired) electrons. The smallest absolute Gasteiger partial charge is 0.177 e. The molecule has 0 aromatic carbocycles. The fourth-order valence-electron chi connectivity index (χ4n) is 1.53. The minimum absolute atomic E-state index is 0.0611. The van der Waals surface area contributed by atoms with E-state index in [2.05, 4.69) is 43.4 Å². The van der Waals surface area contributed by atoms with Gasteiger partial charge in [-0.2, -0.15) is 4.39 Å². The molecule has 1 rings (SSSR count). The van der Waals surface area contributed by atoms with Crippen LogP contribution in [0.2, 0.25) is 0 Å². The van der Waals surface area contributed by atoms with Crippen molar-refractivity contribution in [3.05, 3.63) is 19.6 Å². The van der Waals surface area contributed by atoms with Gasteiger partial charge in [-0.05, 0) is 35.1 Å². The molecule has 0 atom stereocenters. The van der Waals surface area contributed by atoms with E-state index in [1.165, 1.54) is 29.1 Å². The molecule has 0 aliphatic rings. The van der Waals surface area contributed by atoms with Crippen LogP contribution in [0.5, 0.6) is 0 Å². The predicted molar refractivity (Wildman–Crippen MR) is 69.5 cm³/mol. The van der Waals surface area contributed by atoms with Gasteiger partial charge in [0.2, 0.25) is 0 Å². The fourth-order valence-corrected chi connectivity index (χ4v) is 3.99. The first kappa shape index (κ1) is 12.4. The lowest BCUT2D eigenvalue weighted by Gasteiger charge is -2.23. The summed E-state index contributed by atoms with van der Waals surface area (Å²) in [6.45, 7) is 6.60. The Balaban J connectivity index is 2.85. The summed E-state index contributed by atoms with van der Waals surface area (Å²) < 4.78 is 14.1. The zero-order valence-corrected chi connectivity index (χ0v) is 11.8. The number of unbranched alkanes of at least 4 members (excludes halogenated alkanes) is 1. The fraction of sp³-hybridized carbons (Fsp3) is 0.636. The Kier molecular flexibility index (Phi) is 4.37. The third-order valence-electron chi connectivity index (χ3n) is 2.43. The summed E-state index contributed by atoms with van der Waals surface area (Å²) in [5.41, 5.74) is 0.127. The lowest BCUT2D eigenvalue weighted by molar-refractivity contribution is 0.464. The molecule has 1 heterocycles. The highest BCUT2D eigenvalue weighted by Crippen LogP contribution is 2.37. The van der Waals surface area contributed by atoms with Gasteiger partial charge in [0.15, 0.2) is 5.13 Å². The average Bonchev–Trinajstić information content (AvgIpc) is 2.42. The topological polar surface area (TPSA) is 0 Å². The number of hydrogen-bond acceptors (Lipinski definition) is 1. The summed E-state index contributed by atoms with van der Waals surface area (Å²) >= 11 is 3.53. The van der Waals surface area contributed by atoms with Crippen molar-refractivity contribution < 1.29 is 4.39 Å². The van der Waals surface area contributed by atoms with Crippen LogP contribution in [-0.2, 0) is 5.41 Å². The second kappa shape index (κ2) is 4.92. The third kappa shape index (κ3) is 2.92. The van der Waals surface area contributed by atoms with E-state index in [4.69, 9.17) is 0 Å². The Hall–Kier alpha value is 0.360. The number of halogens is 2. The molecule has 0 amide bonds. The first-order valence-electron chi connectivity index (χ1n) is 4.92. The molecule has 0 fully saturated rings. The maximum Gasteiger partial charge on any atom is 0.177 e. The van der Waals surface area contributed by atoms with Gasteiger partial charge >= 0.3 is 0 Å². The molecular formula is C11H16FIS. The van der Waals surface area contributed by atoms with E-state index in [0.717, 1.165) is 9.99 Å². The second-order valence-corrected chi connectivity index (χ2v) is 6.38. The minimum Gasteiger partial charge on any atom is -0.195 e. The van der Waals surface area contributed by atoms with Gasteiger partial charge in [0.1, 0.15) is 0 Å². The van der Waals surface area contributed by atoms with Crippen molar-refractivity contribution in [2.75, 3.05) is 0 Å². The van der Waals surface area contributed by atoms with Gasteiger partial charge in [-0.15, -0.1) is 11.3 Å². The monoisotopic (exact) mass is 326 g/mol. The standard InChI is InChI=1S/C11H16FIS/c1-4-5-6-11(2,3)10-8(13)7-9(12)14-10/h7H,4-6H2,1-3H3. The zero-order chi connectivity index (χ0) is 10.8. The van der Waals surface area contributed by atoms with Gasteiger partial charge in [0.25, 0.3) is 0 Å². The summed E-state index contributed by atoms with van der Waals surface area (Å²) in [4.78, 5) is 1.20. The molecule has 0 unspecified atom stereocenters. The lowest BCUT2D eigenvalue weighted by atomic mass is 9.86. The summed E-state index contributed by atoms with van der Waals surface area (Å²) in [7, 11) is 0. The molecule has 0 saturated heterocycles. The summed E-state index contributed by atoms with van der Waals surface area (Å²) in [6.07, 6.45) is 3.55. The molecule has 0 spiro atoms. The lowest BCUT2D eigenvalue weighted by Crippen LogP contribution is -2.16. The van der Waals surface area contributed by atoms with Crippen LogP contribution >= 0.6 is 33.9 Å². The molecule has 3 heteroatoms. The largest absolute Gasteiger partial charge is 0.195 e. The Morgan fingerprint density at radius 2 is 2.14 bits per heavy atom. The Morgan fingerprint density at radius 3 is 2.57 bits per heavy atom. The van der Waals surface area contributed by atoms with Crippen LogP contribution in [0.25, 0.3) is 0 Å². The Morgan fingerprint density at radius 1 is 1.50 bits per heavy atom. The van der Waals surface area contributed by atoms with E-state index >= 15 is 0 Å². The van der Waals surface area contributed by atoms with Crippen molar-refractivity contribution in [1.29, 1.82) is 0 Å². The van der Waals surface area contributed by atoms with Gasteiger partial charge in [0, 0.05) is 13.9 Å². The predicted octanol–water partition coefficient (Wildman–Crippen LogP) is 4.96. The van der Waals surface area contributed by atoms with E-state index in [1.54, 1.807) is 6.07 Å². The van der Waals surface area contributed by atoms with Crippen LogP contribution in [0.1, 0.15) is 44.9 Å². The highest BCUT2D eigenvalue weighted by Gasteiger charge is 2.25. The third-order valence-corrected chi connectivity index (χ3v) is 4.93. The van der Waals surface area contributed by atoms with Crippen LogP contribution in [0, 0.1) is 8.70 Å². The van der Waals surface area contributed by atoms with Crippen molar-refractivity contribution in [2.24, 2.45) is 0 Å². The van der Waals surface area contributed by atoms with Crippen molar-refractivity contribution in [1.82, 2.24) is 0 Å². The molecule has 1 aromatic rings. The molecule has 0 aliphatic carbocycles. The molecule has 1 aromatic heterocycles. The molecule has 14 heavy (non-hydrogen) atoms. The molecule has 0 bridgehead atoms. The van der Waals surface area contributed by atoms with Crippen molar-refractivity contribution in [2.45, 2.75) is 45.4 Å². The Bertz CT molecular complexity index is 304. The quantitative estimate of drug-likeness (QED) is 0.686. The highest BCUT2D eigenvalue weighted by atomic mass is 127. The summed E-state index contributed by atoms with van der Waals surface area (Å²) in [6, 6.07) is 1.63. The van der Waals surface area contributed by atoms with Gasteiger partial charge in [-0.1, -0.05) is 33.6 Å². The second-order valence-electron chi connectivity index (χ2n) is 4.22. The normalized spacial score (nSPS) is 12.1. The molecule has 80 valence electrons.